The highest BCUT2D eigenvalue weighted by Crippen LogP contribution is 2.27. The minimum absolute atomic E-state index is 0.588. The molecule has 0 aliphatic heterocycles. The first kappa shape index (κ1) is 18.6. The molecule has 0 aliphatic rings. The standard InChI is InChI=1S/C21H23N3O3S/c1-14-17-8-6-16(13-19(17)27-24-14)26-11-5-3-2-4-10-25-15-7-9-20-18(12-15)23-21(22)28-20/h6-9,12-13H,2-5,10-11H2,1H3,(H2,22,23). The van der Waals surface area contributed by atoms with E-state index in [9.17, 15) is 0 Å². The minimum Gasteiger partial charge on any atom is -0.494 e. The summed E-state index contributed by atoms with van der Waals surface area (Å²) in [6.45, 7) is 3.33. The second kappa shape index (κ2) is 8.48. The molecule has 0 saturated heterocycles. The van der Waals surface area contributed by atoms with Gasteiger partial charge in [0.1, 0.15) is 11.5 Å². The normalized spacial score (nSPS) is 11.3. The van der Waals surface area contributed by atoms with Crippen LogP contribution in [-0.2, 0) is 0 Å². The van der Waals surface area contributed by atoms with Crippen LogP contribution >= 0.6 is 11.3 Å². The number of aryl methyl sites for hydroxylation is 1. The first-order valence-corrected chi connectivity index (χ1v) is 10.3. The van der Waals surface area contributed by atoms with Gasteiger partial charge in [-0.3, -0.25) is 0 Å². The number of benzene rings is 2. The van der Waals surface area contributed by atoms with E-state index in [1.807, 2.05) is 43.3 Å². The number of aromatic nitrogens is 2. The largest absolute Gasteiger partial charge is 0.494 e. The maximum atomic E-state index is 5.82. The lowest BCUT2D eigenvalue weighted by Gasteiger charge is -2.07. The van der Waals surface area contributed by atoms with Crippen molar-refractivity contribution < 1.29 is 14.0 Å². The predicted molar refractivity (Wildman–Crippen MR) is 112 cm³/mol. The summed E-state index contributed by atoms with van der Waals surface area (Å²) in [5.74, 6) is 1.67. The summed E-state index contributed by atoms with van der Waals surface area (Å²) >= 11 is 1.49. The van der Waals surface area contributed by atoms with Crippen LogP contribution in [-0.4, -0.2) is 23.4 Å². The molecule has 2 aromatic heterocycles. The van der Waals surface area contributed by atoms with E-state index in [1.54, 1.807) is 0 Å². The van der Waals surface area contributed by atoms with Crippen LogP contribution in [0.2, 0.25) is 0 Å². The van der Waals surface area contributed by atoms with E-state index < -0.39 is 0 Å². The lowest BCUT2D eigenvalue weighted by Crippen LogP contribution is -1.99. The molecule has 0 saturated carbocycles. The fourth-order valence-corrected chi connectivity index (χ4v) is 3.80. The van der Waals surface area contributed by atoms with Crippen molar-refractivity contribution in [1.29, 1.82) is 0 Å². The van der Waals surface area contributed by atoms with Crippen LogP contribution in [0.4, 0.5) is 5.13 Å². The van der Waals surface area contributed by atoms with E-state index in [4.69, 9.17) is 19.7 Å². The number of thiazole rings is 1. The van der Waals surface area contributed by atoms with Gasteiger partial charge < -0.3 is 19.7 Å². The molecule has 7 heteroatoms. The highest BCUT2D eigenvalue weighted by atomic mass is 32.1. The molecule has 0 bridgehead atoms. The fourth-order valence-electron chi connectivity index (χ4n) is 3.09. The van der Waals surface area contributed by atoms with Crippen molar-refractivity contribution in [2.24, 2.45) is 0 Å². The zero-order valence-corrected chi connectivity index (χ0v) is 16.6. The first-order chi connectivity index (χ1) is 13.7. The lowest BCUT2D eigenvalue weighted by molar-refractivity contribution is 0.287. The molecule has 0 spiro atoms. The van der Waals surface area contributed by atoms with Gasteiger partial charge in [0.2, 0.25) is 0 Å². The van der Waals surface area contributed by atoms with E-state index in [-0.39, 0.29) is 0 Å². The Morgan fingerprint density at radius 1 is 0.964 bits per heavy atom. The zero-order valence-electron chi connectivity index (χ0n) is 15.8. The maximum Gasteiger partial charge on any atom is 0.181 e. The van der Waals surface area contributed by atoms with Gasteiger partial charge in [-0.1, -0.05) is 16.5 Å². The van der Waals surface area contributed by atoms with Gasteiger partial charge in [-0.05, 0) is 56.9 Å². The lowest BCUT2D eigenvalue weighted by atomic mass is 10.2. The molecular weight excluding hydrogens is 374 g/mol. The minimum atomic E-state index is 0.588. The summed E-state index contributed by atoms with van der Waals surface area (Å²) in [6.07, 6.45) is 4.24. The van der Waals surface area contributed by atoms with Crippen LogP contribution in [0.25, 0.3) is 21.2 Å². The SMILES string of the molecule is Cc1noc2cc(OCCCCCCOc3ccc4sc(N)nc4c3)ccc12. The summed E-state index contributed by atoms with van der Waals surface area (Å²) in [5, 5.41) is 5.58. The van der Waals surface area contributed by atoms with Crippen molar-refractivity contribution in [2.75, 3.05) is 18.9 Å². The number of ether oxygens (including phenoxy) is 2. The molecule has 2 aromatic carbocycles. The molecule has 146 valence electrons. The molecule has 2 heterocycles. The first-order valence-electron chi connectivity index (χ1n) is 9.47. The number of hydrogen-bond donors (Lipinski definition) is 1. The molecule has 0 atom stereocenters. The van der Waals surface area contributed by atoms with Crippen LogP contribution in [0.15, 0.2) is 40.9 Å². The molecule has 0 fully saturated rings. The van der Waals surface area contributed by atoms with E-state index in [0.717, 1.165) is 64.1 Å². The Morgan fingerprint density at radius 3 is 2.46 bits per heavy atom. The Kier molecular flexibility index (Phi) is 5.62. The number of hydrogen-bond acceptors (Lipinski definition) is 7. The second-order valence-corrected chi connectivity index (χ2v) is 7.78. The Bertz CT molecular complexity index is 1060. The number of nitrogens with two attached hydrogens (primary N) is 1. The van der Waals surface area contributed by atoms with Gasteiger partial charge in [0, 0.05) is 17.5 Å². The Hall–Kier alpha value is -2.80. The van der Waals surface area contributed by atoms with Crippen LogP contribution in [0.5, 0.6) is 11.5 Å². The molecule has 4 aromatic rings. The Balaban J connectivity index is 1.12. The van der Waals surface area contributed by atoms with Gasteiger partial charge in [-0.25, -0.2) is 4.98 Å². The Labute approximate surface area is 167 Å². The Morgan fingerprint density at radius 2 is 1.68 bits per heavy atom. The molecule has 0 unspecified atom stereocenters. The van der Waals surface area contributed by atoms with Crippen LogP contribution in [0.1, 0.15) is 31.4 Å². The number of rotatable bonds is 9. The van der Waals surface area contributed by atoms with E-state index in [1.165, 1.54) is 11.3 Å². The van der Waals surface area contributed by atoms with Crippen LogP contribution < -0.4 is 15.2 Å². The molecular formula is C21H23N3O3S. The van der Waals surface area contributed by atoms with Gasteiger partial charge in [0.05, 0.1) is 29.1 Å². The molecule has 0 amide bonds. The summed E-state index contributed by atoms with van der Waals surface area (Å²) in [5.41, 5.74) is 8.30. The van der Waals surface area contributed by atoms with E-state index >= 15 is 0 Å². The summed E-state index contributed by atoms with van der Waals surface area (Å²) in [7, 11) is 0. The van der Waals surface area contributed by atoms with E-state index in [0.29, 0.717) is 18.3 Å². The molecule has 0 radical (unpaired) electrons. The van der Waals surface area contributed by atoms with E-state index in [2.05, 4.69) is 10.1 Å². The quantitative estimate of drug-likeness (QED) is 0.384. The smallest absolute Gasteiger partial charge is 0.181 e. The monoisotopic (exact) mass is 397 g/mol. The van der Waals surface area contributed by atoms with Crippen molar-refractivity contribution in [2.45, 2.75) is 32.6 Å². The highest BCUT2D eigenvalue weighted by molar-refractivity contribution is 7.22. The van der Waals surface area contributed by atoms with Crippen molar-refractivity contribution in [3.8, 4) is 11.5 Å². The van der Waals surface area contributed by atoms with Crippen molar-refractivity contribution >= 4 is 37.7 Å². The van der Waals surface area contributed by atoms with Gasteiger partial charge in [0.25, 0.3) is 0 Å². The van der Waals surface area contributed by atoms with Crippen molar-refractivity contribution in [3.05, 3.63) is 42.1 Å². The number of anilines is 1. The third kappa shape index (κ3) is 4.36. The molecule has 4 rings (SSSR count). The van der Waals surface area contributed by atoms with Crippen molar-refractivity contribution in [3.63, 3.8) is 0 Å². The molecule has 6 nitrogen and oxygen atoms in total. The van der Waals surface area contributed by atoms with Crippen LogP contribution in [0.3, 0.4) is 0 Å². The summed E-state index contributed by atoms with van der Waals surface area (Å²) in [6, 6.07) is 11.8. The molecule has 0 aliphatic carbocycles. The number of nitrogens with zero attached hydrogens (tertiary/aromatic N) is 2. The third-order valence-corrected chi connectivity index (χ3v) is 5.44. The van der Waals surface area contributed by atoms with Crippen molar-refractivity contribution in [1.82, 2.24) is 10.1 Å². The highest BCUT2D eigenvalue weighted by Gasteiger charge is 2.05. The average Bonchev–Trinajstić information content (AvgIpc) is 3.25. The third-order valence-electron chi connectivity index (χ3n) is 4.58. The van der Waals surface area contributed by atoms with Gasteiger partial charge >= 0.3 is 0 Å². The van der Waals surface area contributed by atoms with Gasteiger partial charge in [-0.2, -0.15) is 0 Å². The number of fused-ring (bicyclic) bond motifs is 2. The predicted octanol–water partition coefficient (Wildman–Crippen LogP) is 5.35. The average molecular weight is 398 g/mol. The molecule has 28 heavy (non-hydrogen) atoms. The topological polar surface area (TPSA) is 83.4 Å². The van der Waals surface area contributed by atoms with Gasteiger partial charge in [-0.15, -0.1) is 0 Å². The fraction of sp³-hybridized carbons (Fsp3) is 0.333. The van der Waals surface area contributed by atoms with Gasteiger partial charge in [0.15, 0.2) is 10.7 Å². The summed E-state index contributed by atoms with van der Waals surface area (Å²) < 4.78 is 18.0. The number of nitrogen functional groups attached to an aromatic ring is 1. The second-order valence-electron chi connectivity index (χ2n) is 6.72. The zero-order chi connectivity index (χ0) is 19.3. The maximum absolute atomic E-state index is 5.82. The van der Waals surface area contributed by atoms with Crippen LogP contribution in [0, 0.1) is 6.92 Å². The summed E-state index contributed by atoms with van der Waals surface area (Å²) in [4.78, 5) is 4.29. The number of unbranched alkanes of at least 4 members (excludes halogenated alkanes) is 3. The molecule has 2 N–H and O–H groups in total.